The molecule has 156 valence electrons. The van der Waals surface area contributed by atoms with E-state index in [1.807, 2.05) is 12.1 Å². The lowest BCUT2D eigenvalue weighted by Gasteiger charge is -2.34. The number of hydrogen-bond acceptors (Lipinski definition) is 5. The van der Waals surface area contributed by atoms with Crippen LogP contribution in [0.3, 0.4) is 0 Å². The summed E-state index contributed by atoms with van der Waals surface area (Å²) < 4.78 is 31.7. The third kappa shape index (κ3) is 5.09. The molecule has 1 heterocycles. The average Bonchev–Trinajstić information content (AvgIpc) is 2.72. The van der Waals surface area contributed by atoms with Crippen molar-refractivity contribution in [1.82, 2.24) is 9.62 Å². The fourth-order valence-electron chi connectivity index (χ4n) is 3.25. The first-order chi connectivity index (χ1) is 13.2. The van der Waals surface area contributed by atoms with Crippen molar-refractivity contribution in [3.8, 4) is 0 Å². The highest BCUT2D eigenvalue weighted by molar-refractivity contribution is 7.89. The summed E-state index contributed by atoms with van der Waals surface area (Å²) in [6.07, 6.45) is 0.205. The molecular formula is C19H30N3O5S+. The largest absolute Gasteiger partial charge is 0.453 e. The van der Waals surface area contributed by atoms with E-state index in [1.54, 1.807) is 19.1 Å². The topological polar surface area (TPSA) is 97.2 Å². The van der Waals surface area contributed by atoms with E-state index in [1.165, 1.54) is 11.4 Å². The van der Waals surface area contributed by atoms with Gasteiger partial charge in [0.15, 0.2) is 6.04 Å². The molecule has 1 aliphatic rings. The lowest BCUT2D eigenvalue weighted by Crippen LogP contribution is -3.19. The van der Waals surface area contributed by atoms with Crippen molar-refractivity contribution in [2.75, 3.05) is 33.3 Å². The van der Waals surface area contributed by atoms with Gasteiger partial charge in [-0.15, -0.1) is 0 Å². The highest BCUT2D eigenvalue weighted by Crippen LogP contribution is 2.22. The molecule has 8 nitrogen and oxygen atoms in total. The van der Waals surface area contributed by atoms with Gasteiger partial charge in [-0.05, 0) is 37.0 Å². The minimum Gasteiger partial charge on any atom is -0.453 e. The van der Waals surface area contributed by atoms with Crippen LogP contribution in [0.15, 0.2) is 29.2 Å². The van der Waals surface area contributed by atoms with Gasteiger partial charge in [-0.25, -0.2) is 13.2 Å². The number of benzene rings is 1. The second-order valence-electron chi connectivity index (χ2n) is 7.14. The van der Waals surface area contributed by atoms with Gasteiger partial charge in [-0.3, -0.25) is 10.1 Å². The van der Waals surface area contributed by atoms with Gasteiger partial charge in [0.25, 0.3) is 5.91 Å². The quantitative estimate of drug-likeness (QED) is 0.703. The molecule has 0 saturated carbocycles. The molecule has 0 aromatic heterocycles. The van der Waals surface area contributed by atoms with Crippen molar-refractivity contribution in [3.63, 3.8) is 0 Å². The Bertz CT molecular complexity index is 786. The maximum absolute atomic E-state index is 12.9. The Morgan fingerprint density at radius 3 is 2.25 bits per heavy atom. The summed E-state index contributed by atoms with van der Waals surface area (Å²) in [5.74, 6) is -0.0414. The van der Waals surface area contributed by atoms with Crippen LogP contribution in [0.2, 0.25) is 0 Å². The Morgan fingerprint density at radius 2 is 1.75 bits per heavy atom. The average molecular weight is 413 g/mol. The van der Waals surface area contributed by atoms with Crippen LogP contribution in [0.1, 0.15) is 38.7 Å². The second kappa shape index (κ2) is 9.49. The number of piperazine rings is 1. The first-order valence-corrected chi connectivity index (χ1v) is 11.0. The number of methoxy groups -OCH3 is 1. The van der Waals surface area contributed by atoms with E-state index in [0.717, 1.165) is 16.9 Å². The Balaban J connectivity index is 1.99. The standard InChI is InChI=1S/C19H29N3O5S/c1-5-14(2)16-6-8-17(9-7-16)28(25,26)22-12-10-21(11-13-22)15(3)18(23)20-19(24)27-4/h6-9,14-15H,5,10-13H2,1-4H3,(H,20,23,24)/p+1/t14-,15+/m0/s1. The van der Waals surface area contributed by atoms with Crippen molar-refractivity contribution in [2.24, 2.45) is 0 Å². The van der Waals surface area contributed by atoms with E-state index < -0.39 is 28.1 Å². The molecule has 2 rings (SSSR count). The summed E-state index contributed by atoms with van der Waals surface area (Å²) in [5, 5.41) is 2.16. The van der Waals surface area contributed by atoms with Gasteiger partial charge in [0.1, 0.15) is 0 Å². The summed E-state index contributed by atoms with van der Waals surface area (Å²) >= 11 is 0. The summed E-state index contributed by atoms with van der Waals surface area (Å²) in [7, 11) is -2.36. The maximum Gasteiger partial charge on any atom is 0.413 e. The lowest BCUT2D eigenvalue weighted by molar-refractivity contribution is -0.917. The zero-order valence-corrected chi connectivity index (χ0v) is 17.7. The number of nitrogens with zero attached hydrogens (tertiary/aromatic N) is 1. The molecule has 1 saturated heterocycles. The summed E-state index contributed by atoms with van der Waals surface area (Å²) in [5.41, 5.74) is 1.13. The van der Waals surface area contributed by atoms with Crippen LogP contribution in [-0.4, -0.2) is 64.1 Å². The van der Waals surface area contributed by atoms with Gasteiger partial charge in [0.2, 0.25) is 10.0 Å². The molecule has 1 fully saturated rings. The van der Waals surface area contributed by atoms with E-state index in [0.29, 0.717) is 37.0 Å². The molecule has 1 aliphatic heterocycles. The van der Waals surface area contributed by atoms with E-state index in [9.17, 15) is 18.0 Å². The number of imide groups is 1. The minimum absolute atomic E-state index is 0.291. The fraction of sp³-hybridized carbons (Fsp3) is 0.579. The van der Waals surface area contributed by atoms with Crippen LogP contribution in [0.4, 0.5) is 4.79 Å². The van der Waals surface area contributed by atoms with E-state index in [4.69, 9.17) is 0 Å². The number of amides is 2. The molecule has 0 bridgehead atoms. The number of alkyl carbamates (subject to hydrolysis) is 1. The molecule has 9 heteroatoms. The summed E-state index contributed by atoms with van der Waals surface area (Å²) in [6.45, 7) is 7.54. The Hall–Kier alpha value is -1.97. The van der Waals surface area contributed by atoms with Crippen LogP contribution in [0.25, 0.3) is 0 Å². The van der Waals surface area contributed by atoms with E-state index in [-0.39, 0.29) is 0 Å². The number of sulfonamides is 1. The van der Waals surface area contributed by atoms with Crippen molar-refractivity contribution >= 4 is 22.0 Å². The monoisotopic (exact) mass is 412 g/mol. The van der Waals surface area contributed by atoms with Gasteiger partial charge >= 0.3 is 6.09 Å². The van der Waals surface area contributed by atoms with Crippen molar-refractivity contribution in [2.45, 2.75) is 44.0 Å². The molecule has 0 radical (unpaired) electrons. The molecular weight excluding hydrogens is 382 g/mol. The van der Waals surface area contributed by atoms with E-state index in [2.05, 4.69) is 23.9 Å². The first kappa shape index (κ1) is 22.3. The smallest absolute Gasteiger partial charge is 0.413 e. The number of ether oxygens (including phenoxy) is 1. The predicted octanol–water partition coefficient (Wildman–Crippen LogP) is 0.360. The molecule has 1 aromatic rings. The van der Waals surface area contributed by atoms with Crippen LogP contribution < -0.4 is 10.2 Å². The SMILES string of the molecule is CC[C@H](C)c1ccc(S(=O)(=O)N2CC[NH+]([C@H](C)C(=O)NC(=O)OC)CC2)cc1. The molecule has 0 unspecified atom stereocenters. The molecule has 0 aliphatic carbocycles. The summed E-state index contributed by atoms with van der Waals surface area (Å²) in [4.78, 5) is 24.5. The molecule has 0 spiro atoms. The Morgan fingerprint density at radius 1 is 1.18 bits per heavy atom. The van der Waals surface area contributed by atoms with Gasteiger partial charge in [0, 0.05) is 0 Å². The van der Waals surface area contributed by atoms with Gasteiger partial charge in [-0.1, -0.05) is 26.0 Å². The fourth-order valence-corrected chi connectivity index (χ4v) is 4.69. The van der Waals surface area contributed by atoms with Crippen LogP contribution in [0.5, 0.6) is 0 Å². The van der Waals surface area contributed by atoms with Gasteiger partial charge in [0.05, 0.1) is 38.2 Å². The number of rotatable bonds is 6. The van der Waals surface area contributed by atoms with Gasteiger partial charge in [-0.2, -0.15) is 4.31 Å². The van der Waals surface area contributed by atoms with E-state index >= 15 is 0 Å². The van der Waals surface area contributed by atoms with Crippen molar-refractivity contribution in [1.29, 1.82) is 0 Å². The number of nitrogens with one attached hydrogen (secondary N) is 2. The normalized spacial score (nSPS) is 18.3. The van der Waals surface area contributed by atoms with Crippen LogP contribution in [0, 0.1) is 0 Å². The van der Waals surface area contributed by atoms with Gasteiger partial charge < -0.3 is 9.64 Å². The number of hydrogen-bond donors (Lipinski definition) is 2. The first-order valence-electron chi connectivity index (χ1n) is 9.54. The summed E-state index contributed by atoms with van der Waals surface area (Å²) in [6, 6.07) is 6.62. The van der Waals surface area contributed by atoms with Crippen molar-refractivity contribution in [3.05, 3.63) is 29.8 Å². The molecule has 2 N–H and O–H groups in total. The van der Waals surface area contributed by atoms with Crippen LogP contribution in [-0.2, 0) is 19.6 Å². The third-order valence-electron chi connectivity index (χ3n) is 5.48. The Labute approximate surface area is 166 Å². The highest BCUT2D eigenvalue weighted by atomic mass is 32.2. The second-order valence-corrected chi connectivity index (χ2v) is 9.08. The number of quaternary nitrogens is 1. The zero-order chi connectivity index (χ0) is 20.9. The molecule has 1 aromatic carbocycles. The Kier molecular flexibility index (Phi) is 7.56. The number of carbonyl (C=O) groups is 2. The van der Waals surface area contributed by atoms with Crippen molar-refractivity contribution < 1.29 is 27.6 Å². The molecule has 2 atom stereocenters. The third-order valence-corrected chi connectivity index (χ3v) is 7.39. The molecule has 2 amide bonds. The molecule has 28 heavy (non-hydrogen) atoms. The lowest BCUT2D eigenvalue weighted by atomic mass is 9.99. The highest BCUT2D eigenvalue weighted by Gasteiger charge is 2.34. The predicted molar refractivity (Wildman–Crippen MR) is 105 cm³/mol. The maximum atomic E-state index is 12.9. The van der Waals surface area contributed by atoms with Crippen LogP contribution >= 0.6 is 0 Å². The zero-order valence-electron chi connectivity index (χ0n) is 16.9. The number of carbonyl (C=O) groups excluding carboxylic acids is 2. The minimum atomic E-state index is -3.56.